The smallest absolute Gasteiger partial charge is 0.335 e. The van der Waals surface area contributed by atoms with Crippen LogP contribution in [0.2, 0.25) is 0 Å². The van der Waals surface area contributed by atoms with Crippen molar-refractivity contribution in [2.75, 3.05) is 14.2 Å². The summed E-state index contributed by atoms with van der Waals surface area (Å²) in [6, 6.07) is 3.57. The van der Waals surface area contributed by atoms with Crippen molar-refractivity contribution >= 4 is 37.8 Å². The van der Waals surface area contributed by atoms with E-state index in [4.69, 9.17) is 4.74 Å². The van der Waals surface area contributed by atoms with E-state index in [1.165, 1.54) is 7.11 Å². The van der Waals surface area contributed by atoms with Gasteiger partial charge in [0.25, 0.3) is 0 Å². The Balaban J connectivity index is 2.90. The third kappa shape index (κ3) is 3.69. The molecule has 1 aromatic carbocycles. The standard InChI is InChI=1S/C11H12Br2O4/c1-16-10-7(12)3-6(4-8(10)13)5-9(14)11(15)17-2/h3-4,9,14H,5H2,1-2H3. The summed E-state index contributed by atoms with van der Waals surface area (Å²) in [7, 11) is 2.80. The molecule has 6 heteroatoms. The Morgan fingerprint density at radius 1 is 1.35 bits per heavy atom. The van der Waals surface area contributed by atoms with Crippen molar-refractivity contribution in [3.05, 3.63) is 26.6 Å². The van der Waals surface area contributed by atoms with E-state index in [1.807, 2.05) is 0 Å². The lowest BCUT2D eigenvalue weighted by atomic mass is 10.1. The molecule has 0 aromatic heterocycles. The number of halogens is 2. The zero-order valence-corrected chi connectivity index (χ0v) is 12.5. The number of hydrogen-bond acceptors (Lipinski definition) is 4. The lowest BCUT2D eigenvalue weighted by Crippen LogP contribution is -2.24. The first kappa shape index (κ1) is 14.5. The Morgan fingerprint density at radius 3 is 2.29 bits per heavy atom. The van der Waals surface area contributed by atoms with Crippen molar-refractivity contribution in [3.8, 4) is 5.75 Å². The number of aliphatic hydroxyl groups excluding tert-OH is 1. The molecule has 4 nitrogen and oxygen atoms in total. The van der Waals surface area contributed by atoms with Gasteiger partial charge in [-0.05, 0) is 49.6 Å². The Labute approximate surface area is 116 Å². The third-order valence-corrected chi connectivity index (χ3v) is 3.34. The number of ether oxygens (including phenoxy) is 2. The molecule has 1 unspecified atom stereocenters. The van der Waals surface area contributed by atoms with Gasteiger partial charge in [0, 0.05) is 6.42 Å². The van der Waals surface area contributed by atoms with Crippen LogP contribution in [-0.4, -0.2) is 31.4 Å². The van der Waals surface area contributed by atoms with Crippen LogP contribution in [0.15, 0.2) is 21.1 Å². The first-order valence-electron chi connectivity index (χ1n) is 4.77. The molecule has 0 heterocycles. The maximum atomic E-state index is 11.1. The van der Waals surface area contributed by atoms with Crippen LogP contribution in [0, 0.1) is 0 Å². The Bertz CT molecular complexity index is 397. The van der Waals surface area contributed by atoms with Crippen molar-refractivity contribution < 1.29 is 19.4 Å². The monoisotopic (exact) mass is 366 g/mol. The van der Waals surface area contributed by atoms with Crippen molar-refractivity contribution in [2.45, 2.75) is 12.5 Å². The largest absolute Gasteiger partial charge is 0.494 e. The van der Waals surface area contributed by atoms with Gasteiger partial charge in [0.1, 0.15) is 5.75 Å². The van der Waals surface area contributed by atoms with Gasteiger partial charge in [0.05, 0.1) is 23.2 Å². The van der Waals surface area contributed by atoms with Crippen molar-refractivity contribution in [2.24, 2.45) is 0 Å². The number of carbonyl (C=O) groups excluding carboxylic acids is 1. The van der Waals surface area contributed by atoms with E-state index < -0.39 is 12.1 Å². The molecule has 1 atom stereocenters. The van der Waals surface area contributed by atoms with E-state index in [1.54, 1.807) is 19.2 Å². The molecule has 17 heavy (non-hydrogen) atoms. The second-order valence-corrected chi connectivity index (χ2v) is 5.04. The molecule has 0 fully saturated rings. The van der Waals surface area contributed by atoms with E-state index in [-0.39, 0.29) is 6.42 Å². The molecular formula is C11H12Br2O4. The van der Waals surface area contributed by atoms with Gasteiger partial charge in [0.15, 0.2) is 6.10 Å². The summed E-state index contributed by atoms with van der Waals surface area (Å²) >= 11 is 6.70. The average Bonchev–Trinajstić information content (AvgIpc) is 2.27. The van der Waals surface area contributed by atoms with Gasteiger partial charge in [-0.3, -0.25) is 0 Å². The predicted octanol–water partition coefficient (Wildman–Crippen LogP) is 2.30. The van der Waals surface area contributed by atoms with Crippen LogP contribution in [0.4, 0.5) is 0 Å². The van der Waals surface area contributed by atoms with E-state index in [0.717, 1.165) is 14.5 Å². The summed E-state index contributed by atoms with van der Waals surface area (Å²) in [4.78, 5) is 11.1. The summed E-state index contributed by atoms with van der Waals surface area (Å²) in [6.07, 6.45) is -0.972. The molecule has 0 bridgehead atoms. The molecule has 0 aliphatic carbocycles. The Morgan fingerprint density at radius 2 is 1.88 bits per heavy atom. The fourth-order valence-electron chi connectivity index (χ4n) is 1.37. The SMILES string of the molecule is COC(=O)C(O)Cc1cc(Br)c(OC)c(Br)c1. The lowest BCUT2D eigenvalue weighted by Gasteiger charge is -2.11. The van der Waals surface area contributed by atoms with Gasteiger partial charge < -0.3 is 14.6 Å². The van der Waals surface area contributed by atoms with Crippen molar-refractivity contribution in [1.82, 2.24) is 0 Å². The van der Waals surface area contributed by atoms with Crippen LogP contribution in [0.3, 0.4) is 0 Å². The number of esters is 1. The minimum atomic E-state index is -1.16. The van der Waals surface area contributed by atoms with Crippen LogP contribution in [0.25, 0.3) is 0 Å². The van der Waals surface area contributed by atoms with E-state index in [9.17, 15) is 9.90 Å². The fourth-order valence-corrected chi connectivity index (χ4v) is 2.97. The molecule has 0 saturated carbocycles. The number of aliphatic hydroxyl groups is 1. The van der Waals surface area contributed by atoms with Crippen LogP contribution in [-0.2, 0) is 16.0 Å². The lowest BCUT2D eigenvalue weighted by molar-refractivity contribution is -0.150. The van der Waals surface area contributed by atoms with E-state index >= 15 is 0 Å². The molecule has 0 aliphatic rings. The quantitative estimate of drug-likeness (QED) is 0.829. The number of hydrogen-bond donors (Lipinski definition) is 1. The second-order valence-electron chi connectivity index (χ2n) is 3.34. The number of methoxy groups -OCH3 is 2. The number of carbonyl (C=O) groups is 1. The number of benzene rings is 1. The maximum Gasteiger partial charge on any atom is 0.335 e. The fraction of sp³-hybridized carbons (Fsp3) is 0.364. The molecule has 94 valence electrons. The van der Waals surface area contributed by atoms with Crippen molar-refractivity contribution in [3.63, 3.8) is 0 Å². The highest BCUT2D eigenvalue weighted by atomic mass is 79.9. The minimum Gasteiger partial charge on any atom is -0.494 e. The van der Waals surface area contributed by atoms with Crippen LogP contribution in [0.1, 0.15) is 5.56 Å². The summed E-state index contributed by atoms with van der Waals surface area (Å²) in [6.45, 7) is 0. The van der Waals surface area contributed by atoms with Crippen LogP contribution in [0.5, 0.6) is 5.75 Å². The van der Waals surface area contributed by atoms with Gasteiger partial charge in [-0.2, -0.15) is 0 Å². The van der Waals surface area contributed by atoms with Gasteiger partial charge in [-0.25, -0.2) is 4.79 Å². The zero-order valence-electron chi connectivity index (χ0n) is 9.37. The zero-order chi connectivity index (χ0) is 13.0. The van der Waals surface area contributed by atoms with Gasteiger partial charge in [0.2, 0.25) is 0 Å². The van der Waals surface area contributed by atoms with E-state index in [2.05, 4.69) is 36.6 Å². The van der Waals surface area contributed by atoms with Gasteiger partial charge in [-0.1, -0.05) is 0 Å². The normalized spacial score (nSPS) is 12.1. The summed E-state index contributed by atoms with van der Waals surface area (Å²) < 4.78 is 11.1. The highest BCUT2D eigenvalue weighted by Crippen LogP contribution is 2.34. The molecule has 1 N–H and O–H groups in total. The molecule has 0 saturated heterocycles. The first-order valence-corrected chi connectivity index (χ1v) is 6.36. The molecule has 0 aliphatic heterocycles. The first-order chi connectivity index (χ1) is 7.99. The van der Waals surface area contributed by atoms with Gasteiger partial charge in [-0.15, -0.1) is 0 Å². The summed E-state index contributed by atoms with van der Waals surface area (Å²) in [5.74, 6) is 0.0226. The summed E-state index contributed by atoms with van der Waals surface area (Å²) in [5, 5.41) is 9.54. The maximum absolute atomic E-state index is 11.1. The van der Waals surface area contributed by atoms with Crippen LogP contribution < -0.4 is 4.74 Å². The third-order valence-electron chi connectivity index (χ3n) is 2.16. The topological polar surface area (TPSA) is 55.8 Å². The number of rotatable bonds is 4. The second kappa shape index (κ2) is 6.37. The highest BCUT2D eigenvalue weighted by molar-refractivity contribution is 9.11. The molecule has 0 amide bonds. The minimum absolute atomic E-state index is 0.188. The molecular weight excluding hydrogens is 356 g/mol. The van der Waals surface area contributed by atoms with E-state index in [0.29, 0.717) is 5.75 Å². The average molecular weight is 368 g/mol. The molecule has 0 radical (unpaired) electrons. The molecule has 1 rings (SSSR count). The Kier molecular flexibility index (Phi) is 5.42. The summed E-state index contributed by atoms with van der Waals surface area (Å²) in [5.41, 5.74) is 0.794. The Hall–Kier alpha value is -0.590. The predicted molar refractivity (Wildman–Crippen MR) is 70.1 cm³/mol. The molecule has 1 aromatic rings. The highest BCUT2D eigenvalue weighted by Gasteiger charge is 2.17. The van der Waals surface area contributed by atoms with Crippen molar-refractivity contribution in [1.29, 1.82) is 0 Å². The van der Waals surface area contributed by atoms with Crippen LogP contribution >= 0.6 is 31.9 Å². The molecule has 0 spiro atoms. The van der Waals surface area contributed by atoms with Gasteiger partial charge >= 0.3 is 5.97 Å².